The van der Waals surface area contributed by atoms with Gasteiger partial charge in [0.2, 0.25) is 0 Å². The summed E-state index contributed by atoms with van der Waals surface area (Å²) >= 11 is 0. The quantitative estimate of drug-likeness (QED) is 0.335. The van der Waals surface area contributed by atoms with Gasteiger partial charge in [0.15, 0.2) is 0 Å². The Morgan fingerprint density at radius 1 is 1.80 bits per heavy atom. The van der Waals surface area contributed by atoms with Crippen LogP contribution in [0.1, 0.15) is 32.6 Å². The summed E-state index contributed by atoms with van der Waals surface area (Å²) in [7, 11) is 0. The van der Waals surface area contributed by atoms with E-state index >= 15 is 0 Å². The number of ether oxygens (including phenoxy) is 1. The van der Waals surface area contributed by atoms with E-state index in [0.717, 1.165) is 6.42 Å². The van der Waals surface area contributed by atoms with Crippen molar-refractivity contribution in [2.24, 2.45) is 10.6 Å². The van der Waals surface area contributed by atoms with E-state index in [1.54, 1.807) is 13.0 Å². The van der Waals surface area contributed by atoms with Gasteiger partial charge in [0.25, 0.3) is 0 Å². The van der Waals surface area contributed by atoms with Crippen LogP contribution in [0.4, 0.5) is 0 Å². The van der Waals surface area contributed by atoms with Gasteiger partial charge in [-0.15, -0.1) is 6.58 Å². The molecule has 1 aliphatic rings. The lowest BCUT2D eigenvalue weighted by Gasteiger charge is -2.25. The van der Waals surface area contributed by atoms with Crippen LogP contribution in [0.2, 0.25) is 0 Å². The van der Waals surface area contributed by atoms with Crippen LogP contribution in [-0.2, 0) is 9.53 Å². The smallest absolute Gasteiger partial charge is 0.318 e. The van der Waals surface area contributed by atoms with Crippen LogP contribution in [0.15, 0.2) is 17.8 Å². The number of hydrogen-bond donors (Lipinski definition) is 1. The van der Waals surface area contributed by atoms with E-state index in [0.29, 0.717) is 31.6 Å². The molecule has 1 N–H and O–H groups in total. The Morgan fingerprint density at radius 2 is 2.53 bits per heavy atom. The van der Waals surface area contributed by atoms with E-state index in [-0.39, 0.29) is 5.97 Å². The van der Waals surface area contributed by atoms with E-state index in [1.165, 1.54) is 0 Å². The monoisotopic (exact) mass is 211 g/mol. The van der Waals surface area contributed by atoms with E-state index in [1.807, 2.05) is 0 Å². The number of rotatable bonds is 4. The first-order chi connectivity index (χ1) is 7.21. The van der Waals surface area contributed by atoms with Crippen molar-refractivity contribution in [1.82, 2.24) is 0 Å². The number of nitrogens with zero attached hydrogens (tertiary/aromatic N) is 1. The van der Waals surface area contributed by atoms with Crippen molar-refractivity contribution in [1.29, 1.82) is 0 Å². The third kappa shape index (κ3) is 2.03. The number of carbonyl (C=O) groups is 1. The average molecular weight is 211 g/mol. The maximum absolute atomic E-state index is 11.9. The first-order valence-corrected chi connectivity index (χ1v) is 5.20. The van der Waals surface area contributed by atoms with E-state index in [4.69, 9.17) is 9.94 Å². The van der Waals surface area contributed by atoms with Crippen LogP contribution in [-0.4, -0.2) is 23.5 Å². The van der Waals surface area contributed by atoms with Crippen molar-refractivity contribution in [3.63, 3.8) is 0 Å². The Hall–Kier alpha value is -1.32. The van der Waals surface area contributed by atoms with Gasteiger partial charge in [-0.1, -0.05) is 11.2 Å². The summed E-state index contributed by atoms with van der Waals surface area (Å²) < 4.78 is 5.04. The topological polar surface area (TPSA) is 58.9 Å². The standard InChI is InChI=1S/C11H17NO3/c1-3-7-11(10(13)15-4-2)8-5-6-9(11)12-14/h3,14H,1,4-8H2,2H3/b12-9-/t11-/m0/s1. The predicted octanol–water partition coefficient (Wildman–Crippen LogP) is 2.13. The van der Waals surface area contributed by atoms with Crippen molar-refractivity contribution in [2.75, 3.05) is 6.61 Å². The molecular formula is C11H17NO3. The molecular weight excluding hydrogens is 194 g/mol. The average Bonchev–Trinajstić information content (AvgIpc) is 2.63. The van der Waals surface area contributed by atoms with Gasteiger partial charge in [-0.3, -0.25) is 4.79 Å². The molecule has 0 aromatic heterocycles. The highest BCUT2D eigenvalue weighted by atomic mass is 16.5. The molecule has 15 heavy (non-hydrogen) atoms. The van der Waals surface area contributed by atoms with Crippen molar-refractivity contribution in [3.05, 3.63) is 12.7 Å². The maximum Gasteiger partial charge on any atom is 0.318 e. The number of esters is 1. The molecule has 0 radical (unpaired) electrons. The fourth-order valence-electron chi connectivity index (χ4n) is 2.13. The lowest BCUT2D eigenvalue weighted by molar-refractivity contribution is -0.151. The highest BCUT2D eigenvalue weighted by molar-refractivity contribution is 6.08. The van der Waals surface area contributed by atoms with Crippen LogP contribution in [0, 0.1) is 5.41 Å². The summed E-state index contributed by atoms with van der Waals surface area (Å²) in [5.74, 6) is -0.296. The van der Waals surface area contributed by atoms with Crippen LogP contribution in [0.3, 0.4) is 0 Å². The number of carbonyl (C=O) groups excluding carboxylic acids is 1. The predicted molar refractivity (Wildman–Crippen MR) is 57.0 cm³/mol. The molecule has 1 fully saturated rings. The fourth-order valence-corrected chi connectivity index (χ4v) is 2.13. The Labute approximate surface area is 89.6 Å². The van der Waals surface area contributed by atoms with Crippen molar-refractivity contribution in [3.8, 4) is 0 Å². The molecule has 84 valence electrons. The summed E-state index contributed by atoms with van der Waals surface area (Å²) in [6.45, 7) is 5.75. The Morgan fingerprint density at radius 3 is 3.07 bits per heavy atom. The summed E-state index contributed by atoms with van der Waals surface area (Å²) in [6, 6.07) is 0. The van der Waals surface area contributed by atoms with Gasteiger partial charge in [-0.25, -0.2) is 0 Å². The van der Waals surface area contributed by atoms with Crippen LogP contribution in [0.25, 0.3) is 0 Å². The lowest BCUT2D eigenvalue weighted by atomic mass is 9.81. The lowest BCUT2D eigenvalue weighted by Crippen LogP contribution is -2.36. The highest BCUT2D eigenvalue weighted by Gasteiger charge is 2.47. The van der Waals surface area contributed by atoms with Crippen LogP contribution >= 0.6 is 0 Å². The Balaban J connectivity index is 2.96. The van der Waals surface area contributed by atoms with E-state index < -0.39 is 5.41 Å². The maximum atomic E-state index is 11.9. The zero-order chi connectivity index (χ0) is 11.3. The molecule has 0 amide bonds. The second-order valence-corrected chi connectivity index (χ2v) is 3.70. The third-order valence-electron chi connectivity index (χ3n) is 2.85. The van der Waals surface area contributed by atoms with Crippen molar-refractivity contribution < 1.29 is 14.7 Å². The summed E-state index contributed by atoms with van der Waals surface area (Å²) in [6.07, 6.45) is 4.34. The molecule has 0 heterocycles. The van der Waals surface area contributed by atoms with Gasteiger partial charge < -0.3 is 9.94 Å². The fraction of sp³-hybridized carbons (Fsp3) is 0.636. The third-order valence-corrected chi connectivity index (χ3v) is 2.85. The molecule has 0 aliphatic heterocycles. The van der Waals surface area contributed by atoms with Crippen molar-refractivity contribution >= 4 is 11.7 Å². The second-order valence-electron chi connectivity index (χ2n) is 3.70. The molecule has 0 spiro atoms. The van der Waals surface area contributed by atoms with Crippen LogP contribution in [0.5, 0.6) is 0 Å². The Kier molecular flexibility index (Phi) is 3.88. The zero-order valence-electron chi connectivity index (χ0n) is 9.03. The first kappa shape index (κ1) is 11.8. The molecule has 1 saturated carbocycles. The zero-order valence-corrected chi connectivity index (χ0v) is 9.03. The molecule has 0 unspecified atom stereocenters. The number of allylic oxidation sites excluding steroid dienone is 1. The van der Waals surface area contributed by atoms with Gasteiger partial charge in [0.05, 0.1) is 12.3 Å². The Bertz CT molecular complexity index is 286. The molecule has 0 saturated heterocycles. The second kappa shape index (κ2) is 4.96. The molecule has 4 heteroatoms. The molecule has 1 atom stereocenters. The normalized spacial score (nSPS) is 27.9. The van der Waals surface area contributed by atoms with Gasteiger partial charge in [0.1, 0.15) is 5.41 Å². The van der Waals surface area contributed by atoms with E-state index in [9.17, 15) is 4.79 Å². The van der Waals surface area contributed by atoms with Crippen molar-refractivity contribution in [2.45, 2.75) is 32.6 Å². The van der Waals surface area contributed by atoms with Gasteiger partial charge >= 0.3 is 5.97 Å². The minimum atomic E-state index is -0.757. The van der Waals surface area contributed by atoms with Gasteiger partial charge in [-0.2, -0.15) is 0 Å². The summed E-state index contributed by atoms with van der Waals surface area (Å²) in [4.78, 5) is 11.9. The van der Waals surface area contributed by atoms with E-state index in [2.05, 4.69) is 11.7 Å². The molecule has 1 aliphatic carbocycles. The highest BCUT2D eigenvalue weighted by Crippen LogP contribution is 2.40. The number of oxime groups is 1. The van der Waals surface area contributed by atoms with Gasteiger partial charge in [0, 0.05) is 0 Å². The molecule has 0 aromatic rings. The molecule has 0 aromatic carbocycles. The largest absolute Gasteiger partial charge is 0.465 e. The number of hydrogen-bond acceptors (Lipinski definition) is 4. The molecule has 4 nitrogen and oxygen atoms in total. The minimum Gasteiger partial charge on any atom is -0.465 e. The van der Waals surface area contributed by atoms with Crippen LogP contribution < -0.4 is 0 Å². The first-order valence-electron chi connectivity index (χ1n) is 5.20. The molecule has 1 rings (SSSR count). The molecule has 0 bridgehead atoms. The minimum absolute atomic E-state index is 0.296. The summed E-state index contributed by atoms with van der Waals surface area (Å²) in [5.41, 5.74) is -0.229. The SMILES string of the molecule is C=CC[C@]1(C(=O)OCC)CCC/C1=N/O. The summed E-state index contributed by atoms with van der Waals surface area (Å²) in [5, 5.41) is 12.1. The van der Waals surface area contributed by atoms with Gasteiger partial charge in [-0.05, 0) is 32.6 Å².